The molecule has 0 spiro atoms. The number of ether oxygens (including phenoxy) is 1. The first-order valence-electron chi connectivity index (χ1n) is 11.5. The molecule has 0 bridgehead atoms. The van der Waals surface area contributed by atoms with Crippen LogP contribution >= 0.6 is 0 Å². The van der Waals surface area contributed by atoms with Crippen LogP contribution in [0, 0.1) is 0 Å². The number of hydrogen-bond donors (Lipinski definition) is 2. The molecule has 0 aliphatic rings. The smallest absolute Gasteiger partial charge is 0.407 e. The van der Waals surface area contributed by atoms with E-state index in [1.807, 2.05) is 20.8 Å². The average molecular weight is 420 g/mol. The van der Waals surface area contributed by atoms with Gasteiger partial charge in [0.2, 0.25) is 0 Å². The number of amides is 1. The lowest BCUT2D eigenvalue weighted by Crippen LogP contribution is -2.39. The molecule has 5 heteroatoms. The van der Waals surface area contributed by atoms with Gasteiger partial charge in [-0.15, -0.1) is 0 Å². The molecule has 0 aliphatic carbocycles. The van der Waals surface area contributed by atoms with Gasteiger partial charge in [0.05, 0.1) is 0 Å². The maximum absolute atomic E-state index is 12.1. The summed E-state index contributed by atoms with van der Waals surface area (Å²) < 4.78 is 5.31. The summed E-state index contributed by atoms with van der Waals surface area (Å²) in [6.07, 6.45) is 10.3. The number of carboxylic acids is 1. The molecule has 0 fully saturated rings. The maximum Gasteiger partial charge on any atom is 0.407 e. The summed E-state index contributed by atoms with van der Waals surface area (Å²) in [5.41, 5.74) is 1.99. The van der Waals surface area contributed by atoms with Crippen molar-refractivity contribution < 1.29 is 19.4 Å². The number of benzene rings is 1. The summed E-state index contributed by atoms with van der Waals surface area (Å²) in [6, 6.07) is 8.45. The Bertz CT molecular complexity index is 619. The average Bonchev–Trinajstić information content (AvgIpc) is 2.66. The molecular formula is C25H41NO4. The summed E-state index contributed by atoms with van der Waals surface area (Å²) in [7, 11) is 0. The molecule has 1 rings (SSSR count). The van der Waals surface area contributed by atoms with Gasteiger partial charge >= 0.3 is 12.1 Å². The number of nitrogens with one attached hydrogen (secondary N) is 1. The largest absolute Gasteiger partial charge is 0.481 e. The van der Waals surface area contributed by atoms with E-state index in [1.54, 1.807) is 0 Å². The van der Waals surface area contributed by atoms with E-state index in [4.69, 9.17) is 9.84 Å². The van der Waals surface area contributed by atoms with Crippen LogP contribution in [0.3, 0.4) is 0 Å². The van der Waals surface area contributed by atoms with Crippen LogP contribution in [0.25, 0.3) is 0 Å². The van der Waals surface area contributed by atoms with Crippen LogP contribution in [0.4, 0.5) is 4.79 Å². The second kappa shape index (κ2) is 14.1. The molecule has 1 unspecified atom stereocenters. The first kappa shape index (κ1) is 26.0. The van der Waals surface area contributed by atoms with Crippen LogP contribution in [0.15, 0.2) is 24.3 Å². The molecule has 170 valence electrons. The van der Waals surface area contributed by atoms with E-state index < -0.39 is 17.7 Å². The van der Waals surface area contributed by atoms with Crippen molar-refractivity contribution >= 4 is 12.1 Å². The lowest BCUT2D eigenvalue weighted by Gasteiger charge is -2.23. The van der Waals surface area contributed by atoms with Gasteiger partial charge < -0.3 is 15.2 Å². The minimum atomic E-state index is -0.856. The van der Waals surface area contributed by atoms with Crippen molar-refractivity contribution in [1.29, 1.82) is 0 Å². The highest BCUT2D eigenvalue weighted by molar-refractivity contribution is 5.69. The van der Waals surface area contributed by atoms with Crippen LogP contribution in [0.2, 0.25) is 0 Å². The molecule has 0 saturated heterocycles. The molecule has 1 atom stereocenters. The fourth-order valence-electron chi connectivity index (χ4n) is 3.38. The number of aliphatic carboxylic acids is 1. The summed E-state index contributed by atoms with van der Waals surface area (Å²) in [5, 5.41) is 11.8. The molecule has 1 aromatic rings. The number of carbonyl (C=O) groups is 2. The molecule has 1 aromatic carbocycles. The highest BCUT2D eigenvalue weighted by atomic mass is 16.6. The Morgan fingerprint density at radius 3 is 2.07 bits per heavy atom. The van der Waals surface area contributed by atoms with Crippen LogP contribution in [-0.2, 0) is 22.4 Å². The maximum atomic E-state index is 12.1. The summed E-state index contributed by atoms with van der Waals surface area (Å²) in [5.74, 6) is -0.856. The molecule has 0 radical (unpaired) electrons. The zero-order valence-corrected chi connectivity index (χ0v) is 19.3. The van der Waals surface area contributed by atoms with E-state index in [2.05, 4.69) is 36.5 Å². The number of rotatable bonds is 14. The molecule has 0 aromatic heterocycles. The van der Waals surface area contributed by atoms with E-state index >= 15 is 0 Å². The first-order chi connectivity index (χ1) is 14.2. The van der Waals surface area contributed by atoms with Crippen molar-refractivity contribution in [3.8, 4) is 0 Å². The fourth-order valence-corrected chi connectivity index (χ4v) is 3.38. The highest BCUT2D eigenvalue weighted by Gasteiger charge is 2.20. The van der Waals surface area contributed by atoms with E-state index in [-0.39, 0.29) is 12.5 Å². The van der Waals surface area contributed by atoms with Crippen molar-refractivity contribution in [3.05, 3.63) is 35.4 Å². The number of hydrogen-bond acceptors (Lipinski definition) is 3. The zero-order chi connectivity index (χ0) is 22.4. The van der Waals surface area contributed by atoms with Crippen molar-refractivity contribution in [2.45, 2.75) is 110 Å². The first-order valence-corrected chi connectivity index (χ1v) is 11.5. The number of alkyl carbamates (subject to hydrolysis) is 1. The van der Waals surface area contributed by atoms with Gasteiger partial charge in [-0.2, -0.15) is 0 Å². The Hall–Kier alpha value is -2.04. The second-order valence-electron chi connectivity index (χ2n) is 9.15. The van der Waals surface area contributed by atoms with Gasteiger partial charge in [-0.25, -0.2) is 4.79 Å². The van der Waals surface area contributed by atoms with Gasteiger partial charge in [-0.1, -0.05) is 63.3 Å². The van der Waals surface area contributed by atoms with Crippen LogP contribution in [-0.4, -0.2) is 28.8 Å². The molecule has 0 saturated carbocycles. The quantitative estimate of drug-likeness (QED) is 0.348. The standard InChI is InChI=1S/C25H41NO4/c1-5-6-7-8-9-10-11-20-12-14-21(15-13-20)16-17-22(18-19-23(27)28)26-24(29)30-25(2,3)4/h12-15,22H,5-11,16-19H2,1-4H3,(H,26,29)(H,27,28). The Labute approximate surface area is 182 Å². The van der Waals surface area contributed by atoms with Gasteiger partial charge in [-0.3, -0.25) is 4.79 Å². The second-order valence-corrected chi connectivity index (χ2v) is 9.15. The molecule has 2 N–H and O–H groups in total. The Balaban J connectivity index is 2.46. The topological polar surface area (TPSA) is 75.6 Å². The molecule has 0 aliphatic heterocycles. The minimum absolute atomic E-state index is 0.0255. The zero-order valence-electron chi connectivity index (χ0n) is 19.3. The highest BCUT2D eigenvalue weighted by Crippen LogP contribution is 2.15. The monoisotopic (exact) mass is 419 g/mol. The van der Waals surface area contributed by atoms with Crippen LogP contribution in [0.1, 0.15) is 96.6 Å². The number of unbranched alkanes of at least 4 members (excludes halogenated alkanes) is 5. The van der Waals surface area contributed by atoms with Crippen LogP contribution in [0.5, 0.6) is 0 Å². The van der Waals surface area contributed by atoms with E-state index in [1.165, 1.54) is 49.7 Å². The third kappa shape index (κ3) is 13.2. The van der Waals surface area contributed by atoms with Crippen molar-refractivity contribution in [2.24, 2.45) is 0 Å². The minimum Gasteiger partial charge on any atom is -0.481 e. The predicted octanol–water partition coefficient (Wildman–Crippen LogP) is 6.28. The number of aryl methyl sites for hydroxylation is 2. The van der Waals surface area contributed by atoms with Gasteiger partial charge in [0, 0.05) is 12.5 Å². The molecule has 30 heavy (non-hydrogen) atoms. The van der Waals surface area contributed by atoms with Crippen molar-refractivity contribution in [2.75, 3.05) is 0 Å². The lowest BCUT2D eigenvalue weighted by atomic mass is 9.99. The van der Waals surface area contributed by atoms with E-state index in [0.29, 0.717) is 12.8 Å². The van der Waals surface area contributed by atoms with Crippen LogP contribution < -0.4 is 5.32 Å². The molecule has 0 heterocycles. The molecule has 1 amide bonds. The Kier molecular flexibility index (Phi) is 12.2. The van der Waals surface area contributed by atoms with Gasteiger partial charge in [0.15, 0.2) is 0 Å². The number of carboxylic acid groups (broad SMARTS) is 1. The van der Waals surface area contributed by atoms with Gasteiger partial charge in [-0.05, 0) is 64.0 Å². The predicted molar refractivity (Wildman–Crippen MR) is 122 cm³/mol. The number of carbonyl (C=O) groups excluding carboxylic acids is 1. The van der Waals surface area contributed by atoms with Crippen molar-refractivity contribution in [3.63, 3.8) is 0 Å². The summed E-state index contributed by atoms with van der Waals surface area (Å²) in [6.45, 7) is 7.67. The fraction of sp³-hybridized carbons (Fsp3) is 0.680. The molecule has 5 nitrogen and oxygen atoms in total. The summed E-state index contributed by atoms with van der Waals surface area (Å²) in [4.78, 5) is 23.0. The van der Waals surface area contributed by atoms with Gasteiger partial charge in [0.25, 0.3) is 0 Å². The van der Waals surface area contributed by atoms with E-state index in [0.717, 1.165) is 12.8 Å². The molecular weight excluding hydrogens is 378 g/mol. The SMILES string of the molecule is CCCCCCCCc1ccc(CCC(CCC(=O)O)NC(=O)OC(C)(C)C)cc1. The Morgan fingerprint density at radius 2 is 1.50 bits per heavy atom. The Morgan fingerprint density at radius 1 is 0.933 bits per heavy atom. The van der Waals surface area contributed by atoms with Gasteiger partial charge in [0.1, 0.15) is 5.60 Å². The third-order valence-corrected chi connectivity index (χ3v) is 5.05. The summed E-state index contributed by atoms with van der Waals surface area (Å²) >= 11 is 0. The van der Waals surface area contributed by atoms with E-state index in [9.17, 15) is 9.59 Å². The lowest BCUT2D eigenvalue weighted by molar-refractivity contribution is -0.137. The van der Waals surface area contributed by atoms with Crippen molar-refractivity contribution in [1.82, 2.24) is 5.32 Å². The third-order valence-electron chi connectivity index (χ3n) is 5.05. The normalized spacial score (nSPS) is 12.4.